The van der Waals surface area contributed by atoms with E-state index in [-0.39, 0.29) is 11.9 Å². The van der Waals surface area contributed by atoms with E-state index in [1.165, 1.54) is 6.92 Å². The van der Waals surface area contributed by atoms with E-state index in [9.17, 15) is 13.6 Å². The van der Waals surface area contributed by atoms with E-state index in [4.69, 9.17) is 11.6 Å². The van der Waals surface area contributed by atoms with E-state index in [2.05, 4.69) is 5.32 Å². The number of likely N-dealkylation sites (tertiary alicyclic amines) is 1. The number of carbonyl (C=O) groups is 1. The largest absolute Gasteiger partial charge is 0.347 e. The average Bonchev–Trinajstić information content (AvgIpc) is 2.89. The summed E-state index contributed by atoms with van der Waals surface area (Å²) in [5, 5.41) is 3.06. The van der Waals surface area contributed by atoms with Gasteiger partial charge in [0.1, 0.15) is 0 Å². The molecule has 0 spiro atoms. The fraction of sp³-hybridized carbons (Fsp3) is 0.533. The highest BCUT2D eigenvalue weighted by Gasteiger charge is 2.32. The lowest BCUT2D eigenvalue weighted by atomic mass is 10.1. The molecule has 1 aliphatic rings. The van der Waals surface area contributed by atoms with Gasteiger partial charge >= 0.3 is 0 Å². The van der Waals surface area contributed by atoms with Crippen LogP contribution in [0.2, 0.25) is 5.02 Å². The van der Waals surface area contributed by atoms with Crippen LogP contribution in [0.15, 0.2) is 24.3 Å². The minimum atomic E-state index is -2.54. The number of alkyl halides is 2. The van der Waals surface area contributed by atoms with Crippen LogP contribution in [0.25, 0.3) is 0 Å². The predicted octanol–water partition coefficient (Wildman–Crippen LogP) is 3.07. The maximum Gasteiger partial charge on any atom is 0.258 e. The Hall–Kier alpha value is -1.20. The Bertz CT molecular complexity index is 481. The molecule has 0 saturated carbocycles. The highest BCUT2D eigenvalue weighted by Crippen LogP contribution is 2.21. The van der Waals surface area contributed by atoms with Crippen LogP contribution in [-0.2, 0) is 11.3 Å². The molecule has 1 fully saturated rings. The molecule has 2 atom stereocenters. The van der Waals surface area contributed by atoms with Gasteiger partial charge in [0, 0.05) is 11.6 Å². The smallest absolute Gasteiger partial charge is 0.258 e. The van der Waals surface area contributed by atoms with E-state index in [1.54, 1.807) is 12.1 Å². The van der Waals surface area contributed by atoms with Crippen molar-refractivity contribution in [3.05, 3.63) is 34.9 Å². The van der Waals surface area contributed by atoms with E-state index in [1.807, 2.05) is 17.0 Å². The van der Waals surface area contributed by atoms with E-state index >= 15 is 0 Å². The van der Waals surface area contributed by atoms with Crippen LogP contribution in [-0.4, -0.2) is 35.9 Å². The summed E-state index contributed by atoms with van der Waals surface area (Å²) in [6, 6.07) is 5.99. The van der Waals surface area contributed by atoms with Crippen LogP contribution < -0.4 is 5.32 Å². The molecule has 2 rings (SSSR count). The van der Waals surface area contributed by atoms with Crippen molar-refractivity contribution in [2.75, 3.05) is 6.54 Å². The third-order valence-electron chi connectivity index (χ3n) is 3.71. The molecular weight excluding hydrogens is 298 g/mol. The molecule has 0 bridgehead atoms. The molecule has 21 heavy (non-hydrogen) atoms. The molecule has 0 aromatic heterocycles. The third-order valence-corrected chi connectivity index (χ3v) is 3.97. The minimum absolute atomic E-state index is 0.311. The van der Waals surface area contributed by atoms with Gasteiger partial charge in [0.25, 0.3) is 6.43 Å². The van der Waals surface area contributed by atoms with Gasteiger partial charge in [-0.05, 0) is 44.0 Å². The number of hydrogen-bond acceptors (Lipinski definition) is 2. The summed E-state index contributed by atoms with van der Waals surface area (Å²) in [7, 11) is 0. The van der Waals surface area contributed by atoms with Crippen molar-refractivity contribution < 1.29 is 13.6 Å². The van der Waals surface area contributed by atoms with Gasteiger partial charge in [-0.3, -0.25) is 9.69 Å². The summed E-state index contributed by atoms with van der Waals surface area (Å²) < 4.78 is 25.0. The lowest BCUT2D eigenvalue weighted by Crippen LogP contribution is -2.47. The van der Waals surface area contributed by atoms with Crippen molar-refractivity contribution in [1.82, 2.24) is 10.2 Å². The van der Waals surface area contributed by atoms with Gasteiger partial charge in [0.2, 0.25) is 5.91 Å². The molecular formula is C15H19ClF2N2O. The van der Waals surface area contributed by atoms with Crippen molar-refractivity contribution in [2.45, 2.75) is 44.8 Å². The van der Waals surface area contributed by atoms with Gasteiger partial charge < -0.3 is 5.32 Å². The van der Waals surface area contributed by atoms with Gasteiger partial charge in [-0.15, -0.1) is 0 Å². The molecule has 1 aliphatic heterocycles. The number of nitrogens with zero attached hydrogens (tertiary/aromatic N) is 1. The fourth-order valence-electron chi connectivity index (χ4n) is 2.52. The second-order valence-corrected chi connectivity index (χ2v) is 5.82. The predicted molar refractivity (Wildman–Crippen MR) is 78.5 cm³/mol. The average molecular weight is 317 g/mol. The summed E-state index contributed by atoms with van der Waals surface area (Å²) in [4.78, 5) is 14.1. The number of amides is 1. The van der Waals surface area contributed by atoms with Gasteiger partial charge in [-0.2, -0.15) is 0 Å². The number of rotatable bonds is 5. The fourth-order valence-corrected chi connectivity index (χ4v) is 2.65. The van der Waals surface area contributed by atoms with Crippen molar-refractivity contribution in [3.63, 3.8) is 0 Å². The van der Waals surface area contributed by atoms with Crippen molar-refractivity contribution in [2.24, 2.45) is 0 Å². The SMILES string of the molecule is CC(NC(=O)C1CCCN1Cc1ccc(Cl)cc1)C(F)F. The lowest BCUT2D eigenvalue weighted by Gasteiger charge is -2.25. The zero-order chi connectivity index (χ0) is 15.4. The van der Waals surface area contributed by atoms with Crippen molar-refractivity contribution in [1.29, 1.82) is 0 Å². The molecule has 1 heterocycles. The monoisotopic (exact) mass is 316 g/mol. The maximum absolute atomic E-state index is 12.5. The Kier molecular flexibility index (Phi) is 5.53. The first-order valence-corrected chi connectivity index (χ1v) is 7.42. The Morgan fingerprint density at radius 1 is 1.43 bits per heavy atom. The van der Waals surface area contributed by atoms with Crippen LogP contribution in [0.3, 0.4) is 0 Å². The zero-order valence-electron chi connectivity index (χ0n) is 11.9. The Balaban J connectivity index is 1.96. The first-order valence-electron chi connectivity index (χ1n) is 7.04. The summed E-state index contributed by atoms with van der Waals surface area (Å²) in [6.07, 6.45) is -0.940. The number of benzene rings is 1. The van der Waals surface area contributed by atoms with Gasteiger partial charge in [0.15, 0.2) is 0 Å². The highest BCUT2D eigenvalue weighted by atomic mass is 35.5. The van der Waals surface area contributed by atoms with Crippen LogP contribution in [0.5, 0.6) is 0 Å². The summed E-state index contributed by atoms with van der Waals surface area (Å²) in [6.45, 7) is 2.74. The summed E-state index contributed by atoms with van der Waals surface area (Å²) in [5.41, 5.74) is 1.06. The Morgan fingerprint density at radius 2 is 2.10 bits per heavy atom. The second-order valence-electron chi connectivity index (χ2n) is 5.39. The van der Waals surface area contributed by atoms with Crippen LogP contribution >= 0.6 is 11.6 Å². The topological polar surface area (TPSA) is 32.3 Å². The van der Waals surface area contributed by atoms with E-state index < -0.39 is 12.5 Å². The molecule has 1 saturated heterocycles. The molecule has 1 aromatic carbocycles. The second kappa shape index (κ2) is 7.18. The molecule has 116 valence electrons. The number of nitrogens with one attached hydrogen (secondary N) is 1. The van der Waals surface area contributed by atoms with Crippen LogP contribution in [0.4, 0.5) is 8.78 Å². The number of halogens is 3. The Morgan fingerprint density at radius 3 is 2.71 bits per heavy atom. The molecule has 1 N–H and O–H groups in total. The molecule has 0 radical (unpaired) electrons. The van der Waals surface area contributed by atoms with Crippen LogP contribution in [0, 0.1) is 0 Å². The zero-order valence-corrected chi connectivity index (χ0v) is 12.6. The van der Waals surface area contributed by atoms with Gasteiger partial charge in [-0.1, -0.05) is 23.7 Å². The molecule has 1 aromatic rings. The Labute approximate surface area is 128 Å². The number of hydrogen-bond donors (Lipinski definition) is 1. The van der Waals surface area contributed by atoms with Gasteiger partial charge in [-0.25, -0.2) is 8.78 Å². The molecule has 3 nitrogen and oxygen atoms in total. The minimum Gasteiger partial charge on any atom is -0.347 e. The summed E-state index contributed by atoms with van der Waals surface area (Å²) >= 11 is 5.85. The molecule has 1 amide bonds. The molecule has 6 heteroatoms. The molecule has 2 unspecified atom stereocenters. The van der Waals surface area contributed by atoms with E-state index in [0.717, 1.165) is 18.5 Å². The highest BCUT2D eigenvalue weighted by molar-refractivity contribution is 6.30. The first-order chi connectivity index (χ1) is 9.97. The first kappa shape index (κ1) is 16.2. The number of carbonyl (C=O) groups excluding carboxylic acids is 1. The van der Waals surface area contributed by atoms with Crippen molar-refractivity contribution in [3.8, 4) is 0 Å². The summed E-state index contributed by atoms with van der Waals surface area (Å²) in [5.74, 6) is -0.311. The maximum atomic E-state index is 12.5. The van der Waals surface area contributed by atoms with Gasteiger partial charge in [0.05, 0.1) is 12.1 Å². The van der Waals surface area contributed by atoms with E-state index in [0.29, 0.717) is 18.0 Å². The third kappa shape index (κ3) is 4.38. The molecule has 0 aliphatic carbocycles. The quantitative estimate of drug-likeness (QED) is 0.905. The van der Waals surface area contributed by atoms with Crippen LogP contribution in [0.1, 0.15) is 25.3 Å². The van der Waals surface area contributed by atoms with Crippen molar-refractivity contribution >= 4 is 17.5 Å². The normalized spacial score (nSPS) is 20.7. The lowest BCUT2D eigenvalue weighted by molar-refractivity contribution is -0.127. The standard InChI is InChI=1S/C15H19ClF2N2O/c1-10(14(17)18)19-15(21)13-3-2-8-20(13)9-11-4-6-12(16)7-5-11/h4-7,10,13-14H,2-3,8-9H2,1H3,(H,19,21).